The fraction of sp³-hybridized carbons (Fsp3) is 0.700. The first kappa shape index (κ1) is 18.8. The van der Waals surface area contributed by atoms with E-state index in [4.69, 9.17) is 11.6 Å². The molecule has 0 saturated heterocycles. The van der Waals surface area contributed by atoms with Gasteiger partial charge < -0.3 is 10.2 Å². The van der Waals surface area contributed by atoms with Crippen LogP contribution in [0.25, 0.3) is 0 Å². The van der Waals surface area contributed by atoms with Crippen molar-refractivity contribution in [2.24, 2.45) is 11.3 Å². The monoisotopic (exact) mass is 338 g/mol. The Morgan fingerprint density at radius 1 is 1.13 bits per heavy atom. The second kappa shape index (κ2) is 8.00. The molecule has 0 saturated carbocycles. The van der Waals surface area contributed by atoms with Crippen LogP contribution in [-0.4, -0.2) is 28.3 Å². The predicted octanol–water partition coefficient (Wildman–Crippen LogP) is 4.76. The van der Waals surface area contributed by atoms with Crippen LogP contribution >= 0.6 is 11.6 Å². The maximum Gasteiger partial charge on any atom is 0.0892 e. The second-order valence-electron chi connectivity index (χ2n) is 7.62. The van der Waals surface area contributed by atoms with E-state index in [9.17, 15) is 10.2 Å². The van der Waals surface area contributed by atoms with Crippen molar-refractivity contribution in [3.63, 3.8) is 0 Å². The van der Waals surface area contributed by atoms with Crippen LogP contribution in [0.4, 0.5) is 0 Å². The lowest BCUT2D eigenvalue weighted by Gasteiger charge is -2.43. The van der Waals surface area contributed by atoms with Crippen molar-refractivity contribution >= 4 is 11.6 Å². The topological polar surface area (TPSA) is 40.5 Å². The van der Waals surface area contributed by atoms with Gasteiger partial charge in [0, 0.05) is 17.2 Å². The van der Waals surface area contributed by atoms with E-state index in [1.807, 2.05) is 6.92 Å². The van der Waals surface area contributed by atoms with Gasteiger partial charge in [0.25, 0.3) is 0 Å². The summed E-state index contributed by atoms with van der Waals surface area (Å²) in [6.45, 7) is 6.38. The fourth-order valence-corrected chi connectivity index (χ4v) is 4.20. The van der Waals surface area contributed by atoms with Gasteiger partial charge in [-0.1, -0.05) is 41.9 Å². The van der Waals surface area contributed by atoms with E-state index in [2.05, 4.69) is 32.1 Å². The minimum absolute atomic E-state index is 0.0286. The Balaban J connectivity index is 2.35. The summed E-state index contributed by atoms with van der Waals surface area (Å²) in [5.41, 5.74) is 3.46. The third-order valence-electron chi connectivity index (χ3n) is 5.61. The maximum absolute atomic E-state index is 10.7. The van der Waals surface area contributed by atoms with Crippen molar-refractivity contribution in [3.05, 3.63) is 34.9 Å². The van der Waals surface area contributed by atoms with E-state index in [-0.39, 0.29) is 5.92 Å². The molecule has 0 fully saturated rings. The van der Waals surface area contributed by atoms with E-state index in [0.29, 0.717) is 5.88 Å². The molecule has 0 aromatic carbocycles. The highest BCUT2D eigenvalue weighted by Gasteiger charge is 2.44. The molecular weight excluding hydrogens is 308 g/mol. The number of hydrogen-bond donors (Lipinski definition) is 2. The molecule has 0 aromatic heterocycles. The standard InChI is InChI=1S/C20H31ClO2/c1-14-6-4-7-15(2)9-10-17-16(13-21)12-20(3,11-5-8-14)19(23)18(17)22/h7-8,12,17-19,22-23H,4-6,9-11,13H2,1-3H3/b14-8-,15-7-/t17-,18-,19-,20-/m1/s1. The Kier molecular flexibility index (Phi) is 6.53. The highest BCUT2D eigenvalue weighted by molar-refractivity contribution is 6.19. The van der Waals surface area contributed by atoms with E-state index in [1.54, 1.807) is 0 Å². The summed E-state index contributed by atoms with van der Waals surface area (Å²) in [7, 11) is 0. The van der Waals surface area contributed by atoms with Crippen molar-refractivity contribution in [3.8, 4) is 0 Å². The number of allylic oxidation sites excluding steroid dienone is 4. The molecule has 130 valence electrons. The zero-order valence-corrected chi connectivity index (χ0v) is 15.4. The van der Waals surface area contributed by atoms with Gasteiger partial charge >= 0.3 is 0 Å². The lowest BCUT2D eigenvalue weighted by Crippen LogP contribution is -2.48. The molecule has 2 N–H and O–H groups in total. The summed E-state index contributed by atoms with van der Waals surface area (Å²) in [4.78, 5) is 0. The SMILES string of the molecule is C/C1=C/CC[C@]2(C)C=C(CCl)[C@@H](CC/C(C)=C\CC1)[C@@H](O)[C@H]2O. The number of fused-ring (bicyclic) bond motifs is 8. The number of halogens is 1. The Morgan fingerprint density at radius 3 is 2.48 bits per heavy atom. The quantitative estimate of drug-likeness (QED) is 0.534. The van der Waals surface area contributed by atoms with Crippen LogP contribution in [0, 0.1) is 11.3 Å². The third-order valence-corrected chi connectivity index (χ3v) is 5.92. The molecular formula is C20H31ClO2. The minimum atomic E-state index is -0.723. The number of aliphatic hydroxyl groups excluding tert-OH is 2. The van der Waals surface area contributed by atoms with Gasteiger partial charge in [-0.05, 0) is 52.4 Å². The molecule has 0 radical (unpaired) electrons. The van der Waals surface area contributed by atoms with Gasteiger partial charge in [0.2, 0.25) is 0 Å². The first-order valence-corrected chi connectivity index (χ1v) is 9.36. The molecule has 3 aliphatic carbocycles. The van der Waals surface area contributed by atoms with E-state index < -0.39 is 17.6 Å². The van der Waals surface area contributed by atoms with Gasteiger partial charge in [-0.3, -0.25) is 0 Å². The largest absolute Gasteiger partial charge is 0.390 e. The van der Waals surface area contributed by atoms with E-state index in [0.717, 1.165) is 44.1 Å². The average Bonchev–Trinajstić information content (AvgIpc) is 2.51. The normalized spacial score (nSPS) is 41.3. The Bertz CT molecular complexity index is 506. The third kappa shape index (κ3) is 4.49. The maximum atomic E-state index is 10.7. The second-order valence-corrected chi connectivity index (χ2v) is 7.88. The van der Waals surface area contributed by atoms with Gasteiger partial charge in [-0.15, -0.1) is 11.6 Å². The van der Waals surface area contributed by atoms with Crippen LogP contribution in [0.1, 0.15) is 59.3 Å². The molecule has 0 unspecified atom stereocenters. The molecule has 0 spiro atoms. The molecule has 0 aliphatic heterocycles. The van der Waals surface area contributed by atoms with Crippen molar-refractivity contribution in [2.75, 3.05) is 5.88 Å². The Morgan fingerprint density at radius 2 is 1.78 bits per heavy atom. The van der Waals surface area contributed by atoms with Gasteiger partial charge in [0.15, 0.2) is 0 Å². The van der Waals surface area contributed by atoms with Gasteiger partial charge in [-0.2, -0.15) is 0 Å². The summed E-state index contributed by atoms with van der Waals surface area (Å²) in [5, 5.41) is 21.4. The molecule has 0 heterocycles. The highest BCUT2D eigenvalue weighted by Crippen LogP contribution is 2.43. The van der Waals surface area contributed by atoms with Gasteiger partial charge in [0.1, 0.15) is 0 Å². The number of aliphatic hydroxyl groups is 2. The molecule has 3 heteroatoms. The zero-order chi connectivity index (χ0) is 17.0. The number of rotatable bonds is 1. The van der Waals surface area contributed by atoms with Crippen LogP contribution < -0.4 is 0 Å². The first-order chi connectivity index (χ1) is 10.9. The van der Waals surface area contributed by atoms with Gasteiger partial charge in [0.05, 0.1) is 12.2 Å². The highest BCUT2D eigenvalue weighted by atomic mass is 35.5. The van der Waals surface area contributed by atoms with Crippen LogP contribution in [-0.2, 0) is 0 Å². The molecule has 2 bridgehead atoms. The minimum Gasteiger partial charge on any atom is -0.390 e. The molecule has 23 heavy (non-hydrogen) atoms. The van der Waals surface area contributed by atoms with Gasteiger partial charge in [-0.25, -0.2) is 0 Å². The molecule has 0 aromatic rings. The number of alkyl halides is 1. The van der Waals surface area contributed by atoms with Crippen LogP contribution in [0.15, 0.2) is 34.9 Å². The van der Waals surface area contributed by atoms with Crippen molar-refractivity contribution in [2.45, 2.75) is 71.5 Å². The summed E-state index contributed by atoms with van der Waals surface area (Å²) in [5.74, 6) is 0.404. The van der Waals surface area contributed by atoms with Crippen molar-refractivity contribution < 1.29 is 10.2 Å². The Labute approximate surface area is 145 Å². The molecule has 2 nitrogen and oxygen atoms in total. The predicted molar refractivity (Wildman–Crippen MR) is 97.6 cm³/mol. The summed E-state index contributed by atoms with van der Waals surface area (Å²) >= 11 is 6.17. The summed E-state index contributed by atoms with van der Waals surface area (Å²) in [6.07, 6.45) is 11.0. The van der Waals surface area contributed by atoms with Crippen molar-refractivity contribution in [1.82, 2.24) is 0 Å². The van der Waals surface area contributed by atoms with Crippen LogP contribution in [0.3, 0.4) is 0 Å². The molecule has 3 rings (SSSR count). The lowest BCUT2D eigenvalue weighted by molar-refractivity contribution is -0.0730. The molecule has 0 amide bonds. The van der Waals surface area contributed by atoms with E-state index >= 15 is 0 Å². The average molecular weight is 339 g/mol. The zero-order valence-electron chi connectivity index (χ0n) is 14.7. The van der Waals surface area contributed by atoms with Crippen LogP contribution in [0.2, 0.25) is 0 Å². The summed E-state index contributed by atoms with van der Waals surface area (Å²) in [6, 6.07) is 0. The smallest absolute Gasteiger partial charge is 0.0892 e. The molecule has 3 aliphatic rings. The first-order valence-electron chi connectivity index (χ1n) is 8.82. The van der Waals surface area contributed by atoms with E-state index in [1.165, 1.54) is 11.1 Å². The lowest BCUT2D eigenvalue weighted by atomic mass is 9.66. The van der Waals surface area contributed by atoms with Crippen LogP contribution in [0.5, 0.6) is 0 Å². The molecule has 4 atom stereocenters. The van der Waals surface area contributed by atoms with Crippen molar-refractivity contribution in [1.29, 1.82) is 0 Å². The fourth-order valence-electron chi connectivity index (χ4n) is 3.92. The summed E-state index contributed by atoms with van der Waals surface area (Å²) < 4.78 is 0. The Hall–Kier alpha value is -0.570. The number of hydrogen-bond acceptors (Lipinski definition) is 2.